The van der Waals surface area contributed by atoms with Crippen molar-refractivity contribution in [2.24, 2.45) is 0 Å². The number of hydrogen-bond acceptors (Lipinski definition) is 7. The number of carbonyl (C=O) groups excluding carboxylic acids is 4. The molecule has 43 heavy (non-hydrogen) atoms. The molecule has 10 nitrogen and oxygen atoms in total. The van der Waals surface area contributed by atoms with Gasteiger partial charge in [0.1, 0.15) is 17.0 Å². The van der Waals surface area contributed by atoms with Crippen molar-refractivity contribution in [3.8, 4) is 5.75 Å². The number of urea groups is 1. The van der Waals surface area contributed by atoms with Crippen LogP contribution in [0.3, 0.4) is 0 Å². The molecule has 2 rings (SSSR count). The summed E-state index contributed by atoms with van der Waals surface area (Å²) in [5, 5.41) is 7.24. The standard InChI is InChI=1S/C31H41ClFN3O7/c1-9-23(19-11-10-12-20(15-19)25(37)42-29(2,3)4)35-27(39)36-26(38)31(33,18-34-28(40)43-30(5,6)7)17-21-16-22(32)13-14-24(21)41-8/h10-16,23H,9,17-18H2,1-8H3,(H,34,40)(H2,35,36,38,39). The van der Waals surface area contributed by atoms with Gasteiger partial charge in [0.05, 0.1) is 25.3 Å². The SMILES string of the molecule is CCC(NC(=O)NC(=O)C(F)(CNC(=O)OC(C)(C)C)Cc1cc(Cl)ccc1OC)c1cccc(C(=O)OC(C)(C)C)c1. The molecule has 3 N–H and O–H groups in total. The maximum Gasteiger partial charge on any atom is 0.407 e. The van der Waals surface area contributed by atoms with Gasteiger partial charge < -0.3 is 24.8 Å². The van der Waals surface area contributed by atoms with Crippen LogP contribution in [0.25, 0.3) is 0 Å². The minimum atomic E-state index is -2.81. The van der Waals surface area contributed by atoms with Gasteiger partial charge in [0.2, 0.25) is 5.67 Å². The van der Waals surface area contributed by atoms with Gasteiger partial charge in [0, 0.05) is 11.4 Å². The number of alkyl halides is 1. The van der Waals surface area contributed by atoms with E-state index in [1.54, 1.807) is 78.8 Å². The molecule has 0 saturated heterocycles. The third-order valence-electron chi connectivity index (χ3n) is 5.90. The molecule has 0 aliphatic heterocycles. The number of amides is 4. The number of benzene rings is 2. The highest BCUT2D eigenvalue weighted by atomic mass is 35.5. The van der Waals surface area contributed by atoms with Crippen molar-refractivity contribution >= 4 is 35.6 Å². The Morgan fingerprint density at radius 3 is 2.19 bits per heavy atom. The van der Waals surface area contributed by atoms with E-state index >= 15 is 4.39 Å². The fraction of sp³-hybridized carbons (Fsp3) is 0.484. The van der Waals surface area contributed by atoms with Crippen LogP contribution in [-0.2, 0) is 20.7 Å². The molecule has 0 spiro atoms. The van der Waals surface area contributed by atoms with E-state index in [2.05, 4.69) is 10.6 Å². The Kier molecular flexibility index (Phi) is 12.0. The van der Waals surface area contributed by atoms with Gasteiger partial charge in [-0.1, -0.05) is 30.7 Å². The first-order chi connectivity index (χ1) is 19.9. The van der Waals surface area contributed by atoms with Crippen molar-refractivity contribution in [1.29, 1.82) is 0 Å². The van der Waals surface area contributed by atoms with Crippen molar-refractivity contribution in [2.75, 3.05) is 13.7 Å². The summed E-state index contributed by atoms with van der Waals surface area (Å²) in [7, 11) is 1.38. The van der Waals surface area contributed by atoms with Crippen LogP contribution in [0.4, 0.5) is 14.0 Å². The smallest absolute Gasteiger partial charge is 0.407 e. The average molecular weight is 622 g/mol. The second-order valence-electron chi connectivity index (χ2n) is 12.0. The van der Waals surface area contributed by atoms with E-state index in [1.807, 2.05) is 5.32 Å². The lowest BCUT2D eigenvalue weighted by Crippen LogP contribution is -2.56. The molecule has 0 aliphatic carbocycles. The number of halogens is 2. The van der Waals surface area contributed by atoms with E-state index in [0.717, 1.165) is 0 Å². The number of alkyl carbamates (subject to hydrolysis) is 1. The summed E-state index contributed by atoms with van der Waals surface area (Å²) in [6.45, 7) is 11.1. The number of rotatable bonds is 10. The Hall–Kier alpha value is -3.86. The molecule has 0 aliphatic rings. The maximum absolute atomic E-state index is 16.5. The van der Waals surface area contributed by atoms with Crippen molar-refractivity contribution < 1.29 is 37.8 Å². The van der Waals surface area contributed by atoms with E-state index in [0.29, 0.717) is 12.0 Å². The normalized spacial score (nSPS) is 13.6. The van der Waals surface area contributed by atoms with Crippen LogP contribution in [0, 0.1) is 0 Å². The van der Waals surface area contributed by atoms with Gasteiger partial charge >= 0.3 is 18.1 Å². The quantitative estimate of drug-likeness (QED) is 0.275. The van der Waals surface area contributed by atoms with Crippen LogP contribution in [0.1, 0.15) is 82.4 Å². The van der Waals surface area contributed by atoms with Crippen molar-refractivity contribution in [2.45, 2.75) is 84.2 Å². The zero-order valence-electron chi connectivity index (χ0n) is 25.9. The zero-order chi connectivity index (χ0) is 32.6. The van der Waals surface area contributed by atoms with E-state index < -0.39 is 59.9 Å². The van der Waals surface area contributed by atoms with Crippen LogP contribution in [-0.4, -0.2) is 54.5 Å². The Bertz CT molecular complexity index is 1320. The Morgan fingerprint density at radius 2 is 1.60 bits per heavy atom. The van der Waals surface area contributed by atoms with Gasteiger partial charge in [0.15, 0.2) is 0 Å². The zero-order valence-corrected chi connectivity index (χ0v) is 26.6. The van der Waals surface area contributed by atoms with Gasteiger partial charge in [0.25, 0.3) is 5.91 Å². The van der Waals surface area contributed by atoms with Gasteiger partial charge in [-0.2, -0.15) is 0 Å². The number of hydrogen-bond donors (Lipinski definition) is 3. The lowest BCUT2D eigenvalue weighted by Gasteiger charge is -2.27. The summed E-state index contributed by atoms with van der Waals surface area (Å²) in [6, 6.07) is 9.41. The molecular weight excluding hydrogens is 581 g/mol. The molecule has 4 amide bonds. The molecule has 2 aromatic rings. The third-order valence-corrected chi connectivity index (χ3v) is 6.13. The molecule has 2 aromatic carbocycles. The van der Waals surface area contributed by atoms with Crippen molar-refractivity contribution in [1.82, 2.24) is 16.0 Å². The van der Waals surface area contributed by atoms with E-state index in [1.165, 1.54) is 19.2 Å². The lowest BCUT2D eigenvalue weighted by atomic mass is 9.94. The summed E-state index contributed by atoms with van der Waals surface area (Å²) in [4.78, 5) is 51.0. The Morgan fingerprint density at radius 1 is 0.953 bits per heavy atom. The van der Waals surface area contributed by atoms with Crippen LogP contribution in [0.15, 0.2) is 42.5 Å². The van der Waals surface area contributed by atoms with Gasteiger partial charge in [-0.3, -0.25) is 10.1 Å². The summed E-state index contributed by atoms with van der Waals surface area (Å²) in [5.41, 5.74) is -3.26. The maximum atomic E-state index is 16.5. The fourth-order valence-corrected chi connectivity index (χ4v) is 4.18. The second-order valence-corrected chi connectivity index (χ2v) is 12.4. The van der Waals surface area contributed by atoms with Crippen LogP contribution >= 0.6 is 11.6 Å². The molecule has 0 heterocycles. The van der Waals surface area contributed by atoms with Gasteiger partial charge in [-0.25, -0.2) is 18.8 Å². The van der Waals surface area contributed by atoms with Gasteiger partial charge in [-0.05, 0) is 89.4 Å². The third kappa shape index (κ3) is 11.4. The number of imide groups is 1. The number of nitrogens with one attached hydrogen (secondary N) is 3. The summed E-state index contributed by atoms with van der Waals surface area (Å²) < 4.78 is 32.4. The highest BCUT2D eigenvalue weighted by molar-refractivity contribution is 6.30. The molecule has 0 saturated carbocycles. The van der Waals surface area contributed by atoms with Crippen LogP contribution in [0.5, 0.6) is 5.75 Å². The van der Waals surface area contributed by atoms with E-state index in [4.69, 9.17) is 25.8 Å². The first-order valence-corrected chi connectivity index (χ1v) is 14.2. The number of ether oxygens (including phenoxy) is 3. The summed E-state index contributed by atoms with van der Waals surface area (Å²) in [5.74, 6) is -1.57. The van der Waals surface area contributed by atoms with E-state index in [-0.39, 0.29) is 21.9 Å². The van der Waals surface area contributed by atoms with Crippen molar-refractivity contribution in [3.63, 3.8) is 0 Å². The monoisotopic (exact) mass is 621 g/mol. The predicted molar refractivity (Wildman–Crippen MR) is 161 cm³/mol. The topological polar surface area (TPSA) is 132 Å². The molecule has 0 bridgehead atoms. The first-order valence-electron chi connectivity index (χ1n) is 13.8. The van der Waals surface area contributed by atoms with Crippen LogP contribution < -0.4 is 20.7 Å². The molecule has 2 unspecified atom stereocenters. The van der Waals surface area contributed by atoms with Crippen molar-refractivity contribution in [3.05, 3.63) is 64.2 Å². The van der Waals surface area contributed by atoms with Gasteiger partial charge in [-0.15, -0.1) is 0 Å². The molecular formula is C31H41ClFN3O7. The Balaban J connectivity index is 2.26. The number of esters is 1. The molecule has 236 valence electrons. The van der Waals surface area contributed by atoms with E-state index in [9.17, 15) is 19.2 Å². The summed E-state index contributed by atoms with van der Waals surface area (Å²) in [6.07, 6.45) is -1.14. The predicted octanol–water partition coefficient (Wildman–Crippen LogP) is 6.06. The second kappa shape index (κ2) is 14.5. The largest absolute Gasteiger partial charge is 0.496 e. The minimum absolute atomic E-state index is 0.240. The first kappa shape index (κ1) is 35.3. The molecule has 0 aromatic heterocycles. The van der Waals surface area contributed by atoms with Crippen LogP contribution in [0.2, 0.25) is 5.02 Å². The highest BCUT2D eigenvalue weighted by Gasteiger charge is 2.41. The molecule has 0 fully saturated rings. The molecule has 2 atom stereocenters. The Labute approximate surface area is 257 Å². The molecule has 0 radical (unpaired) electrons. The summed E-state index contributed by atoms with van der Waals surface area (Å²) >= 11 is 6.10. The highest BCUT2D eigenvalue weighted by Crippen LogP contribution is 2.29. The fourth-order valence-electron chi connectivity index (χ4n) is 3.99. The molecule has 12 heteroatoms. The number of methoxy groups -OCH3 is 1. The number of carbonyl (C=O) groups is 4. The average Bonchev–Trinajstić information content (AvgIpc) is 2.89. The lowest BCUT2D eigenvalue weighted by molar-refractivity contribution is -0.131. The minimum Gasteiger partial charge on any atom is -0.496 e.